The molecule has 24 nitrogen and oxygen atoms in total. The molecule has 6 N–H and O–H groups in total. The summed E-state index contributed by atoms with van der Waals surface area (Å²) < 4.78 is 23.2. The highest BCUT2D eigenvalue weighted by atomic mass is 79.9. The Morgan fingerprint density at radius 3 is 1.82 bits per heavy atom. The molecule has 0 saturated carbocycles. The lowest BCUT2D eigenvalue weighted by Crippen LogP contribution is -2.37. The Balaban J connectivity index is 0.000000159. The molecule has 6 aromatic heterocycles. The van der Waals surface area contributed by atoms with Gasteiger partial charge in [0, 0.05) is 29.4 Å². The number of nitriles is 2. The number of ether oxygens (including phenoxy) is 3. The van der Waals surface area contributed by atoms with Gasteiger partial charge in [-0.25, -0.2) is 34.5 Å². The van der Waals surface area contributed by atoms with E-state index in [-0.39, 0.29) is 50.4 Å². The monoisotopic (exact) mass is 1710 g/mol. The van der Waals surface area contributed by atoms with Crippen LogP contribution in [0.1, 0.15) is 76.0 Å². The molecule has 3 unspecified atom stereocenters. The van der Waals surface area contributed by atoms with Gasteiger partial charge in [-0.05, 0) is 184 Å². The zero-order valence-corrected chi connectivity index (χ0v) is 69.5. The molecule has 0 aliphatic rings. The van der Waals surface area contributed by atoms with E-state index in [2.05, 4.69) is 68.9 Å². The molecular weight excluding hydrogens is 1630 g/mol. The van der Waals surface area contributed by atoms with E-state index in [0.717, 1.165) is 59.0 Å². The number of anilines is 3. The van der Waals surface area contributed by atoms with Gasteiger partial charge in [-0.15, -0.1) is 0 Å². The quantitative estimate of drug-likeness (QED) is 0.0281. The van der Waals surface area contributed by atoms with Gasteiger partial charge >= 0.3 is 22.8 Å². The van der Waals surface area contributed by atoms with Crippen molar-refractivity contribution in [3.63, 3.8) is 0 Å². The number of carbonyl (C=O) groups is 3. The van der Waals surface area contributed by atoms with Gasteiger partial charge in [-0.1, -0.05) is 192 Å². The van der Waals surface area contributed by atoms with Gasteiger partial charge in [0.1, 0.15) is 62.8 Å². The van der Waals surface area contributed by atoms with Crippen molar-refractivity contribution >= 4 is 114 Å². The van der Waals surface area contributed by atoms with Crippen molar-refractivity contribution in [2.45, 2.75) is 93.4 Å². The first-order chi connectivity index (χ1) is 55.9. The summed E-state index contributed by atoms with van der Waals surface area (Å²) >= 11 is 27.4. The van der Waals surface area contributed by atoms with Crippen molar-refractivity contribution in [2.75, 3.05) is 16.0 Å². The summed E-state index contributed by atoms with van der Waals surface area (Å²) in [5.41, 5.74) is 11.5. The lowest BCUT2D eigenvalue weighted by molar-refractivity contribution is -0.123. The van der Waals surface area contributed by atoms with Gasteiger partial charge < -0.3 is 35.1 Å². The number of benzene rings is 8. The number of halogens is 5. The number of amides is 3. The lowest BCUT2D eigenvalue weighted by atomic mass is 10.0. The predicted molar refractivity (Wildman–Crippen MR) is 462 cm³/mol. The first-order valence-electron chi connectivity index (χ1n) is 36.3. The van der Waals surface area contributed by atoms with Crippen LogP contribution in [0, 0.1) is 84.6 Å². The second kappa shape index (κ2) is 37.0. The molecule has 0 fully saturated rings. The van der Waals surface area contributed by atoms with Crippen LogP contribution in [0.3, 0.4) is 0 Å². The van der Waals surface area contributed by atoms with Crippen molar-refractivity contribution < 1.29 is 28.6 Å². The van der Waals surface area contributed by atoms with E-state index in [1.54, 1.807) is 69.3 Å². The molecule has 29 heteroatoms. The minimum Gasteiger partial charge on any atom is -0.480 e. The Labute approximate surface area is 699 Å². The Bertz CT molecular complexity index is 6570. The van der Waals surface area contributed by atoms with E-state index in [0.29, 0.717) is 100 Å². The van der Waals surface area contributed by atoms with Crippen molar-refractivity contribution in [2.24, 2.45) is 7.05 Å². The van der Waals surface area contributed by atoms with Crippen molar-refractivity contribution in [1.29, 1.82) is 10.5 Å². The van der Waals surface area contributed by atoms with Crippen LogP contribution < -0.4 is 52.7 Å². The smallest absolute Gasteiger partial charge is 0.374 e. The van der Waals surface area contributed by atoms with Gasteiger partial charge in [-0.2, -0.15) is 15.0 Å². The minimum absolute atomic E-state index is 0.0572. The number of hydrogen-bond acceptors (Lipinski definition) is 13. The average molecular weight is 1710 g/mol. The fourth-order valence-electron chi connectivity index (χ4n) is 12.4. The van der Waals surface area contributed by atoms with E-state index in [1.165, 1.54) is 16.0 Å². The molecule has 6 heterocycles. The number of nitrogens with one attached hydrogen (secondary N) is 6. The number of hydrogen-bond donors (Lipinski definition) is 6. The summed E-state index contributed by atoms with van der Waals surface area (Å²) in [4.78, 5) is 102. The minimum atomic E-state index is -1.22. The molecule has 3 atom stereocenters. The van der Waals surface area contributed by atoms with Crippen LogP contribution >= 0.6 is 62.3 Å². The van der Waals surface area contributed by atoms with E-state index in [4.69, 9.17) is 67.2 Å². The number of aromatic amines is 3. The Kier molecular flexibility index (Phi) is 26.8. The van der Waals surface area contributed by atoms with Crippen molar-refractivity contribution in [3.8, 4) is 80.0 Å². The SMILES string of the molecule is CCC(Oc1ccc(C)cc1C)C(=O)Nc1cccc(-c2c(Br)c3[nH]c(=O)n(C)c(=O)n3c2C#N)c1.Cc1ccc(OC(C)C(=O)Nc2nc3c(Cl)c(-c4ccccc4)[nH]n3c(=O)c2C)c(Cl)c1.Cc1ccc(Oc2c(-c3ccccc3)c(C#N)c3[nH]c(-c4ccc(C)cc4)c(C)c(=O)n23)cc1.[C-]#[N+]C(Cl)C(=O)Nc1cc(C)ccc1Cl. The third-order valence-corrected chi connectivity index (χ3v) is 20.7. The van der Waals surface area contributed by atoms with E-state index in [9.17, 15) is 44.1 Å². The third-order valence-electron chi connectivity index (χ3n) is 18.6. The second-order valence-corrected chi connectivity index (χ2v) is 29.6. The van der Waals surface area contributed by atoms with Gasteiger partial charge in [0.05, 0.1) is 42.7 Å². The van der Waals surface area contributed by atoms with Crippen LogP contribution in [0.5, 0.6) is 23.1 Å². The number of rotatable bonds is 17. The van der Waals surface area contributed by atoms with Gasteiger partial charge in [0.25, 0.3) is 22.9 Å². The average Bonchev–Trinajstić information content (AvgIpc) is 1.59. The first-order valence-corrected chi connectivity index (χ1v) is 38.6. The number of fused-ring (bicyclic) bond motifs is 3. The van der Waals surface area contributed by atoms with Crippen LogP contribution in [-0.4, -0.2) is 73.4 Å². The normalized spacial score (nSPS) is 11.6. The van der Waals surface area contributed by atoms with Crippen LogP contribution in [0.4, 0.5) is 17.2 Å². The van der Waals surface area contributed by atoms with Crippen LogP contribution in [-0.2, 0) is 21.4 Å². The molecule has 0 bridgehead atoms. The van der Waals surface area contributed by atoms with Gasteiger partial charge in [-0.3, -0.25) is 38.9 Å². The van der Waals surface area contributed by atoms with Gasteiger partial charge in [0.15, 0.2) is 17.9 Å². The summed E-state index contributed by atoms with van der Waals surface area (Å²) in [5.74, 6) is 0.708. The zero-order chi connectivity index (χ0) is 84.4. The summed E-state index contributed by atoms with van der Waals surface area (Å²) in [5, 5.41) is 32.2. The molecule has 592 valence electrons. The van der Waals surface area contributed by atoms with Crippen LogP contribution in [0.15, 0.2) is 212 Å². The standard InChI is InChI=1S/C29H23N3O2.C26H24BrN5O4.C23H20Cl2N4O3.C10H8Cl2N2O/c1-18-9-13-22(14-10-18)26-20(3)28(33)32-27(31-26)24(17-30)25(21-7-5-4-6-8-21)29(32)34-23-15-11-19(2)12-16-23;1-5-19(36-20-10-9-14(2)11-15(20)3)24(33)29-17-8-6-7-16(12-17)21-18(13-28)32-23(22(21)27)30-25(34)31(4)26(32)35;1-12-9-10-17(16(24)11-12)32-14(3)22(30)27-20-13(2)23(31)29-21(26-20)18(25)19(28-29)15-7-5-4-6-8-15;1-6-3-4-7(11)8(5-6)14-10(15)9(12)13-2/h4-16,31H,1-3H3;6-12,19H,5H2,1-4H3,(H,29,33)(H,30,34);4-11,14,28H,1-3H3,(H,27,30);3-5,9H,1H3,(H,14,15). The number of nitrogens with zero attached hydrogens (tertiary/aromatic N) is 8. The highest BCUT2D eigenvalue weighted by Gasteiger charge is 2.29. The number of H-pyrrole nitrogens is 3. The highest BCUT2D eigenvalue weighted by molar-refractivity contribution is 9.10. The molecule has 8 aromatic carbocycles. The number of alkyl halides is 1. The molecular formula is C88H75BrCl4N14O10. The molecule has 0 spiro atoms. The number of aryl methyl sites for hydroxylation is 6. The Morgan fingerprint density at radius 1 is 0.598 bits per heavy atom. The number of carbonyl (C=O) groups excluding carboxylic acids is 3. The largest absolute Gasteiger partial charge is 0.480 e. The first kappa shape index (κ1) is 84.7. The summed E-state index contributed by atoms with van der Waals surface area (Å²) in [7, 11) is 1.33. The fourth-order valence-corrected chi connectivity index (χ4v) is 13.8. The van der Waals surface area contributed by atoms with Gasteiger partial charge in [0.2, 0.25) is 5.88 Å². The molecule has 14 aromatic rings. The maximum atomic E-state index is 13.7. The fraction of sp³-hybridized carbons (Fsp3) is 0.170. The maximum absolute atomic E-state index is 13.7. The molecule has 0 aliphatic carbocycles. The lowest BCUT2D eigenvalue weighted by Gasteiger charge is -2.19. The van der Waals surface area contributed by atoms with Crippen LogP contribution in [0.25, 0.3) is 66.6 Å². The second-order valence-electron chi connectivity index (χ2n) is 27.2. The molecule has 3 amide bonds. The van der Waals surface area contributed by atoms with Crippen molar-refractivity contribution in [3.05, 3.63) is 316 Å². The van der Waals surface area contributed by atoms with E-state index >= 15 is 0 Å². The van der Waals surface area contributed by atoms with E-state index in [1.807, 2.05) is 188 Å². The summed E-state index contributed by atoms with van der Waals surface area (Å²) in [6.07, 6.45) is -1.12. The predicted octanol–water partition coefficient (Wildman–Crippen LogP) is 18.7. The van der Waals surface area contributed by atoms with Crippen molar-refractivity contribution in [1.82, 2.24) is 37.9 Å². The van der Waals surface area contributed by atoms with Crippen LogP contribution in [0.2, 0.25) is 15.1 Å². The molecule has 14 rings (SSSR count). The number of aromatic nitrogens is 8. The molecule has 0 radical (unpaired) electrons. The Hall–Kier alpha value is -13.2. The summed E-state index contributed by atoms with van der Waals surface area (Å²) in [6.45, 7) is 25.2. The highest BCUT2D eigenvalue weighted by Crippen LogP contribution is 2.42. The topological polar surface area (TPSA) is 314 Å². The molecule has 117 heavy (non-hydrogen) atoms. The molecule has 0 saturated heterocycles. The Morgan fingerprint density at radius 2 is 1.20 bits per heavy atom. The summed E-state index contributed by atoms with van der Waals surface area (Å²) in [6, 6.07) is 62.0. The van der Waals surface area contributed by atoms with E-state index < -0.39 is 40.9 Å². The zero-order valence-electron chi connectivity index (χ0n) is 64.9. The third kappa shape index (κ3) is 18.8. The molecule has 0 aliphatic heterocycles. The maximum Gasteiger partial charge on any atom is 0.374 e.